The number of hydrogen-bond acceptors (Lipinski definition) is 6. The molecule has 2 unspecified atom stereocenters. The lowest BCUT2D eigenvalue weighted by molar-refractivity contribution is 0.142. The van der Waals surface area contributed by atoms with Gasteiger partial charge in [0.2, 0.25) is 5.88 Å². The molecule has 0 spiro atoms. The van der Waals surface area contributed by atoms with Crippen LogP contribution in [0, 0.1) is 31.3 Å². The lowest BCUT2D eigenvalue weighted by Crippen LogP contribution is -2.34. The SMILES string of the molecule is Cc1cc(OC2CCCC(Nc3nc(-c4c[nH]c5c(F)cc(F)cc45)nc(C)c3F)C2)ncn1. The Kier molecular flexibility index (Phi) is 5.80. The molecule has 1 aliphatic carbocycles. The number of H-pyrrole nitrogens is 1. The second-order valence-electron chi connectivity index (χ2n) is 8.55. The number of anilines is 1. The average molecular weight is 468 g/mol. The maximum atomic E-state index is 14.9. The lowest BCUT2D eigenvalue weighted by atomic mass is 9.93. The predicted molar refractivity (Wildman–Crippen MR) is 121 cm³/mol. The van der Waals surface area contributed by atoms with E-state index in [2.05, 4.69) is 30.2 Å². The minimum atomic E-state index is -0.717. The van der Waals surface area contributed by atoms with E-state index in [0.717, 1.165) is 31.0 Å². The smallest absolute Gasteiger partial charge is 0.216 e. The van der Waals surface area contributed by atoms with Crippen molar-refractivity contribution in [2.24, 2.45) is 0 Å². The van der Waals surface area contributed by atoms with Gasteiger partial charge in [0, 0.05) is 47.4 Å². The van der Waals surface area contributed by atoms with Gasteiger partial charge in [-0.15, -0.1) is 0 Å². The average Bonchev–Trinajstić information content (AvgIpc) is 3.21. The van der Waals surface area contributed by atoms with E-state index in [1.54, 1.807) is 6.07 Å². The van der Waals surface area contributed by atoms with Gasteiger partial charge in [0.1, 0.15) is 24.1 Å². The van der Waals surface area contributed by atoms with Gasteiger partial charge in [-0.2, -0.15) is 0 Å². The van der Waals surface area contributed by atoms with Crippen LogP contribution in [0.1, 0.15) is 37.1 Å². The van der Waals surface area contributed by atoms with Crippen molar-refractivity contribution in [3.63, 3.8) is 0 Å². The molecule has 1 saturated carbocycles. The molecule has 176 valence electrons. The Balaban J connectivity index is 1.39. The first-order chi connectivity index (χ1) is 16.4. The van der Waals surface area contributed by atoms with Crippen molar-refractivity contribution in [3.8, 4) is 17.3 Å². The highest BCUT2D eigenvalue weighted by atomic mass is 19.1. The Morgan fingerprint density at radius 3 is 2.74 bits per heavy atom. The first-order valence-corrected chi connectivity index (χ1v) is 11.1. The zero-order valence-corrected chi connectivity index (χ0v) is 18.7. The van der Waals surface area contributed by atoms with E-state index in [1.807, 2.05) is 6.92 Å². The van der Waals surface area contributed by atoms with Crippen LogP contribution < -0.4 is 10.1 Å². The van der Waals surface area contributed by atoms with E-state index >= 15 is 0 Å². The molecule has 10 heteroatoms. The molecule has 3 aromatic heterocycles. The number of hydrogen-bond donors (Lipinski definition) is 2. The van der Waals surface area contributed by atoms with Gasteiger partial charge in [-0.25, -0.2) is 33.1 Å². The van der Waals surface area contributed by atoms with Crippen molar-refractivity contribution in [1.29, 1.82) is 0 Å². The van der Waals surface area contributed by atoms with E-state index in [4.69, 9.17) is 4.74 Å². The molecule has 0 aliphatic heterocycles. The summed E-state index contributed by atoms with van der Waals surface area (Å²) in [7, 11) is 0. The summed E-state index contributed by atoms with van der Waals surface area (Å²) in [6, 6.07) is 3.72. The van der Waals surface area contributed by atoms with Crippen LogP contribution in [0.4, 0.5) is 19.0 Å². The Morgan fingerprint density at radius 2 is 1.91 bits per heavy atom. The highest BCUT2D eigenvalue weighted by Crippen LogP contribution is 2.31. The van der Waals surface area contributed by atoms with Gasteiger partial charge in [0.05, 0.1) is 11.2 Å². The summed E-state index contributed by atoms with van der Waals surface area (Å²) in [6.45, 7) is 3.40. The number of aryl methyl sites for hydroxylation is 2. The maximum Gasteiger partial charge on any atom is 0.216 e. The molecule has 0 radical (unpaired) electrons. The fourth-order valence-corrected chi connectivity index (χ4v) is 4.36. The van der Waals surface area contributed by atoms with Crippen LogP contribution in [-0.4, -0.2) is 37.1 Å². The van der Waals surface area contributed by atoms with Gasteiger partial charge in [-0.3, -0.25) is 0 Å². The van der Waals surface area contributed by atoms with Gasteiger partial charge in [-0.1, -0.05) is 0 Å². The highest BCUT2D eigenvalue weighted by Gasteiger charge is 2.26. The standard InChI is InChI=1S/C24H23F3N6O/c1-12-6-20(30-11-29-12)34-16-5-3-4-15(9-16)32-24-21(27)13(2)31-23(33-24)18-10-28-22-17(18)7-14(25)8-19(22)26/h6-8,10-11,15-16,28H,3-5,9H2,1-2H3,(H,31,32,33). The Labute approximate surface area is 193 Å². The molecule has 0 bridgehead atoms. The molecule has 2 atom stereocenters. The van der Waals surface area contributed by atoms with Crippen molar-refractivity contribution < 1.29 is 17.9 Å². The maximum absolute atomic E-state index is 14.9. The summed E-state index contributed by atoms with van der Waals surface area (Å²) in [5.41, 5.74) is 1.49. The van der Waals surface area contributed by atoms with Crippen molar-refractivity contribution in [2.75, 3.05) is 5.32 Å². The van der Waals surface area contributed by atoms with Gasteiger partial charge in [-0.05, 0) is 39.2 Å². The van der Waals surface area contributed by atoms with Crippen LogP contribution >= 0.6 is 0 Å². The number of nitrogens with zero attached hydrogens (tertiary/aromatic N) is 4. The largest absolute Gasteiger partial charge is 0.474 e. The summed E-state index contributed by atoms with van der Waals surface area (Å²) in [4.78, 5) is 19.6. The van der Waals surface area contributed by atoms with Crippen LogP contribution in [-0.2, 0) is 0 Å². The van der Waals surface area contributed by atoms with Gasteiger partial charge in [0.25, 0.3) is 0 Å². The minimum Gasteiger partial charge on any atom is -0.474 e. The molecule has 34 heavy (non-hydrogen) atoms. The topological polar surface area (TPSA) is 88.6 Å². The van der Waals surface area contributed by atoms with Crippen LogP contribution in [0.15, 0.2) is 30.7 Å². The molecule has 4 aromatic rings. The van der Waals surface area contributed by atoms with Gasteiger partial charge in [0.15, 0.2) is 17.5 Å². The Morgan fingerprint density at radius 1 is 1.06 bits per heavy atom. The number of aromatic nitrogens is 5. The number of aromatic amines is 1. The monoisotopic (exact) mass is 468 g/mol. The summed E-state index contributed by atoms with van der Waals surface area (Å²) < 4.78 is 48.9. The third-order valence-corrected chi connectivity index (χ3v) is 6.00. The number of fused-ring (bicyclic) bond motifs is 1. The van der Waals surface area contributed by atoms with Crippen LogP contribution in [0.5, 0.6) is 5.88 Å². The van der Waals surface area contributed by atoms with Crippen molar-refractivity contribution in [2.45, 2.75) is 51.7 Å². The van der Waals surface area contributed by atoms with E-state index in [0.29, 0.717) is 23.3 Å². The molecule has 0 saturated heterocycles. The molecule has 7 nitrogen and oxygen atoms in total. The van der Waals surface area contributed by atoms with Crippen LogP contribution in [0.2, 0.25) is 0 Å². The van der Waals surface area contributed by atoms with Crippen LogP contribution in [0.25, 0.3) is 22.3 Å². The number of nitrogens with one attached hydrogen (secondary N) is 2. The third-order valence-electron chi connectivity index (χ3n) is 6.00. The number of rotatable bonds is 5. The summed E-state index contributed by atoms with van der Waals surface area (Å²) in [6.07, 6.45) is 6.11. The fourth-order valence-electron chi connectivity index (χ4n) is 4.36. The molecule has 5 rings (SSSR count). The highest BCUT2D eigenvalue weighted by molar-refractivity contribution is 5.94. The van der Waals surface area contributed by atoms with E-state index in [9.17, 15) is 13.2 Å². The summed E-state index contributed by atoms with van der Waals surface area (Å²) >= 11 is 0. The first kappa shape index (κ1) is 22.1. The van der Waals surface area contributed by atoms with Crippen molar-refractivity contribution >= 4 is 16.7 Å². The van der Waals surface area contributed by atoms with E-state index in [1.165, 1.54) is 25.5 Å². The summed E-state index contributed by atoms with van der Waals surface area (Å²) in [5, 5.41) is 3.49. The Hall–Kier alpha value is -3.69. The number of benzene rings is 1. The van der Waals surface area contributed by atoms with Gasteiger partial charge < -0.3 is 15.0 Å². The minimum absolute atomic E-state index is 0.0530. The van der Waals surface area contributed by atoms with E-state index in [-0.39, 0.29) is 35.0 Å². The van der Waals surface area contributed by atoms with Crippen LogP contribution in [0.3, 0.4) is 0 Å². The second-order valence-corrected chi connectivity index (χ2v) is 8.55. The third kappa shape index (κ3) is 4.40. The predicted octanol–water partition coefficient (Wildman–Crippen LogP) is 5.25. The Bertz CT molecular complexity index is 1360. The quantitative estimate of drug-likeness (QED) is 0.416. The molecule has 3 heterocycles. The molecule has 2 N–H and O–H groups in total. The number of halogens is 3. The molecule has 1 aliphatic rings. The summed E-state index contributed by atoms with van der Waals surface area (Å²) in [5.74, 6) is -1.24. The fraction of sp³-hybridized carbons (Fsp3) is 0.333. The molecular weight excluding hydrogens is 445 g/mol. The zero-order chi connectivity index (χ0) is 23.8. The normalized spacial score (nSPS) is 18.3. The lowest BCUT2D eigenvalue weighted by Gasteiger charge is -2.30. The first-order valence-electron chi connectivity index (χ1n) is 11.1. The molecule has 0 amide bonds. The molecule has 1 aromatic carbocycles. The number of ether oxygens (including phenoxy) is 1. The van der Waals surface area contributed by atoms with E-state index < -0.39 is 17.5 Å². The second kappa shape index (κ2) is 8.92. The van der Waals surface area contributed by atoms with Gasteiger partial charge >= 0.3 is 0 Å². The molecule has 1 fully saturated rings. The van der Waals surface area contributed by atoms with Crippen molar-refractivity contribution in [1.82, 2.24) is 24.9 Å². The zero-order valence-electron chi connectivity index (χ0n) is 18.7. The van der Waals surface area contributed by atoms with Crippen molar-refractivity contribution in [3.05, 3.63) is 59.6 Å². The molecular formula is C24H23F3N6O.